The van der Waals surface area contributed by atoms with Gasteiger partial charge in [0.05, 0.1) is 0 Å². The van der Waals surface area contributed by atoms with Crippen molar-refractivity contribution in [3.05, 3.63) is 89.1 Å². The van der Waals surface area contributed by atoms with E-state index in [-0.39, 0.29) is 0 Å². The molecule has 2 aromatic rings. The molecule has 0 N–H and O–H groups in total. The molecule has 0 unspecified atom stereocenters. The first-order chi connectivity index (χ1) is 11.2. The lowest BCUT2D eigenvalue weighted by atomic mass is 9.98. The van der Waals surface area contributed by atoms with Crippen molar-refractivity contribution in [1.82, 2.24) is 0 Å². The van der Waals surface area contributed by atoms with Crippen LogP contribution in [0, 0.1) is 0 Å². The lowest BCUT2D eigenvalue weighted by molar-refractivity contribution is 1.06. The Bertz CT molecular complexity index is 763. The average molecular weight is 301 g/mol. The molecular weight excluding hydrogens is 278 g/mol. The second-order valence-electron chi connectivity index (χ2n) is 5.94. The van der Waals surface area contributed by atoms with Gasteiger partial charge in [0.1, 0.15) is 0 Å². The minimum absolute atomic E-state index is 0.896. The molecule has 0 bridgehead atoms. The van der Waals surface area contributed by atoms with E-state index in [0.717, 1.165) is 18.5 Å². The Labute approximate surface area is 139 Å². The van der Waals surface area contributed by atoms with Crippen LogP contribution in [0.3, 0.4) is 0 Å². The first kappa shape index (κ1) is 15.4. The number of benzene rings is 2. The number of fused-ring (bicyclic) bond motifs is 1. The molecule has 2 aromatic carbocycles. The maximum absolute atomic E-state index is 4.25. The van der Waals surface area contributed by atoms with Gasteiger partial charge in [-0.25, -0.2) is 0 Å². The zero-order valence-corrected chi connectivity index (χ0v) is 13.9. The quantitative estimate of drug-likeness (QED) is 0.700. The van der Waals surface area contributed by atoms with Crippen molar-refractivity contribution in [3.8, 4) is 0 Å². The average Bonchev–Trinajstić information content (AvgIpc) is 2.60. The summed E-state index contributed by atoms with van der Waals surface area (Å²) >= 11 is 0. The fourth-order valence-corrected chi connectivity index (χ4v) is 2.91. The summed E-state index contributed by atoms with van der Waals surface area (Å²) in [5, 5.41) is 0. The molecular formula is C22H23N. The molecule has 0 atom stereocenters. The molecule has 0 saturated heterocycles. The van der Waals surface area contributed by atoms with Crippen molar-refractivity contribution >= 4 is 17.8 Å². The summed E-state index contributed by atoms with van der Waals surface area (Å²) in [7, 11) is 2.08. The number of para-hydroxylation sites is 1. The highest BCUT2D eigenvalue weighted by Crippen LogP contribution is 2.34. The van der Waals surface area contributed by atoms with E-state index in [1.165, 1.54) is 28.0 Å². The van der Waals surface area contributed by atoms with Crippen molar-refractivity contribution in [2.75, 3.05) is 11.9 Å². The van der Waals surface area contributed by atoms with E-state index >= 15 is 0 Å². The smallest absolute Gasteiger partial charge is 0.0481 e. The number of rotatable bonds is 4. The van der Waals surface area contributed by atoms with Gasteiger partial charge in [-0.05, 0) is 47.2 Å². The molecule has 1 heteroatoms. The zero-order chi connectivity index (χ0) is 16.2. The van der Waals surface area contributed by atoms with Gasteiger partial charge in [0.15, 0.2) is 0 Å². The summed E-state index contributed by atoms with van der Waals surface area (Å²) in [5.41, 5.74) is 7.46. The molecule has 0 amide bonds. The van der Waals surface area contributed by atoms with Crippen LogP contribution in [0.2, 0.25) is 0 Å². The monoisotopic (exact) mass is 301 g/mol. The molecule has 1 aliphatic rings. The summed E-state index contributed by atoms with van der Waals surface area (Å²) in [4.78, 5) is 2.18. The van der Waals surface area contributed by atoms with E-state index in [0.29, 0.717) is 0 Å². The third kappa shape index (κ3) is 3.29. The third-order valence-corrected chi connectivity index (χ3v) is 4.44. The zero-order valence-electron chi connectivity index (χ0n) is 13.9. The van der Waals surface area contributed by atoms with E-state index in [4.69, 9.17) is 0 Å². The van der Waals surface area contributed by atoms with Crippen LogP contribution in [0.15, 0.2) is 72.5 Å². The van der Waals surface area contributed by atoms with E-state index in [9.17, 15) is 0 Å². The Morgan fingerprint density at radius 1 is 1.04 bits per heavy atom. The maximum Gasteiger partial charge on any atom is 0.0481 e. The highest BCUT2D eigenvalue weighted by molar-refractivity contribution is 5.79. The first-order valence-electron chi connectivity index (χ1n) is 8.17. The molecule has 0 aromatic heterocycles. The molecule has 0 spiro atoms. The summed E-state index contributed by atoms with van der Waals surface area (Å²) in [6.45, 7) is 6.43. The predicted molar refractivity (Wildman–Crippen MR) is 101 cm³/mol. The van der Waals surface area contributed by atoms with Gasteiger partial charge in [0, 0.05) is 18.4 Å². The van der Waals surface area contributed by atoms with Gasteiger partial charge in [-0.3, -0.25) is 0 Å². The van der Waals surface area contributed by atoms with Crippen LogP contribution in [0.5, 0.6) is 0 Å². The van der Waals surface area contributed by atoms with Crippen LogP contribution in [-0.4, -0.2) is 7.05 Å². The fraction of sp³-hybridized carbons (Fsp3) is 0.182. The lowest BCUT2D eigenvalue weighted by Gasteiger charge is -2.29. The molecule has 3 rings (SSSR count). The van der Waals surface area contributed by atoms with E-state index in [1.54, 1.807) is 0 Å². The molecule has 0 aliphatic carbocycles. The third-order valence-electron chi connectivity index (χ3n) is 4.44. The number of hydrogen-bond donors (Lipinski definition) is 0. The topological polar surface area (TPSA) is 3.24 Å². The Morgan fingerprint density at radius 2 is 1.78 bits per heavy atom. The number of anilines is 1. The summed E-state index contributed by atoms with van der Waals surface area (Å²) in [5.74, 6) is 0. The highest BCUT2D eigenvalue weighted by Gasteiger charge is 2.17. The Morgan fingerprint density at radius 3 is 2.52 bits per heavy atom. The molecule has 1 nitrogen and oxygen atoms in total. The van der Waals surface area contributed by atoms with Gasteiger partial charge >= 0.3 is 0 Å². The minimum Gasteiger partial charge on any atom is -0.344 e. The highest BCUT2D eigenvalue weighted by atomic mass is 15.1. The molecule has 0 fully saturated rings. The summed E-state index contributed by atoms with van der Waals surface area (Å²) in [6.07, 6.45) is 8.64. The van der Waals surface area contributed by atoms with Crippen LogP contribution in [0.25, 0.3) is 12.2 Å². The van der Waals surface area contributed by atoms with Gasteiger partial charge in [0.25, 0.3) is 0 Å². The number of aryl methyl sites for hydroxylation is 1. The summed E-state index contributed by atoms with van der Waals surface area (Å²) < 4.78 is 0. The number of allylic oxidation sites excluding steroid dienone is 2. The van der Waals surface area contributed by atoms with Crippen LogP contribution >= 0.6 is 0 Å². The minimum atomic E-state index is 0.896. The van der Waals surface area contributed by atoms with Crippen LogP contribution in [-0.2, 0) is 6.42 Å². The van der Waals surface area contributed by atoms with E-state index < -0.39 is 0 Å². The lowest BCUT2D eigenvalue weighted by Crippen LogP contribution is -2.20. The van der Waals surface area contributed by atoms with Crippen molar-refractivity contribution in [2.24, 2.45) is 0 Å². The number of hydrogen-bond acceptors (Lipinski definition) is 1. The van der Waals surface area contributed by atoms with Gasteiger partial charge in [-0.15, -0.1) is 0 Å². The molecule has 0 radical (unpaired) electrons. The van der Waals surface area contributed by atoms with Crippen molar-refractivity contribution in [2.45, 2.75) is 19.8 Å². The van der Waals surface area contributed by atoms with Crippen molar-refractivity contribution < 1.29 is 0 Å². The van der Waals surface area contributed by atoms with Crippen molar-refractivity contribution in [1.29, 1.82) is 0 Å². The number of likely N-dealkylation sites (N-methyl/N-ethyl adjacent to an activating group) is 1. The van der Waals surface area contributed by atoms with Gasteiger partial charge in [0.2, 0.25) is 0 Å². The normalized spacial score (nSPS) is 14.1. The molecule has 116 valence electrons. The molecule has 1 aliphatic heterocycles. The van der Waals surface area contributed by atoms with Crippen LogP contribution in [0.1, 0.15) is 30.0 Å². The SMILES string of the molecule is C=C1C(C/C=C/c2ccc(CC)cc2)=Cc2ccccc2N1C. The van der Waals surface area contributed by atoms with Gasteiger partial charge in [-0.2, -0.15) is 0 Å². The molecule has 1 heterocycles. The molecule has 23 heavy (non-hydrogen) atoms. The first-order valence-corrected chi connectivity index (χ1v) is 8.17. The Kier molecular flexibility index (Phi) is 4.47. The fourth-order valence-electron chi connectivity index (χ4n) is 2.91. The van der Waals surface area contributed by atoms with E-state index in [2.05, 4.69) is 92.2 Å². The summed E-state index contributed by atoms with van der Waals surface area (Å²) in [6, 6.07) is 17.2. The van der Waals surface area contributed by atoms with Gasteiger partial charge < -0.3 is 4.90 Å². The van der Waals surface area contributed by atoms with Crippen molar-refractivity contribution in [3.63, 3.8) is 0 Å². The van der Waals surface area contributed by atoms with Crippen LogP contribution in [0.4, 0.5) is 5.69 Å². The van der Waals surface area contributed by atoms with Crippen LogP contribution < -0.4 is 4.90 Å². The maximum atomic E-state index is 4.25. The Balaban J connectivity index is 1.76. The molecule has 0 saturated carbocycles. The second kappa shape index (κ2) is 6.70. The number of nitrogens with zero attached hydrogens (tertiary/aromatic N) is 1. The van der Waals surface area contributed by atoms with Gasteiger partial charge in [-0.1, -0.05) is 68.1 Å². The second-order valence-corrected chi connectivity index (χ2v) is 5.94. The van der Waals surface area contributed by atoms with E-state index in [1.807, 2.05) is 0 Å². The standard InChI is InChI=1S/C22H23N/c1-4-18-12-14-19(15-13-18)8-7-10-20-16-21-9-5-6-11-22(21)23(3)17(20)2/h5-9,11-16H,2,4,10H2,1,3H3/b8-7+. The largest absolute Gasteiger partial charge is 0.344 e. The predicted octanol–water partition coefficient (Wildman–Crippen LogP) is 5.70. The Hall–Kier alpha value is -2.54.